The average Bonchev–Trinajstić information content (AvgIpc) is 3.70. The minimum atomic E-state index is -0.655. The standard InChI is InChI=1S/C33H37N5O4S/c1-20-5-10-29(27(11-20)28-18-43-33(35-28)38-14-23-7-8-24(15-38)30(23)32(40)41)42-17-25-9-6-22(12-21(25)2)31(39)36(3)16-26-13-34-19-37(26)4/h5-6,9-13,18-19,23-24,30H,7-8,14-17H2,1-4H3,(H,40,41)/t23-,24+,30?. The van der Waals surface area contributed by atoms with Crippen LogP contribution < -0.4 is 9.64 Å². The van der Waals surface area contributed by atoms with Gasteiger partial charge >= 0.3 is 5.97 Å². The molecule has 1 aliphatic heterocycles. The number of imidazole rings is 1. The van der Waals surface area contributed by atoms with E-state index in [9.17, 15) is 14.7 Å². The number of anilines is 1. The van der Waals surface area contributed by atoms with E-state index in [1.165, 1.54) is 0 Å². The molecule has 0 radical (unpaired) electrons. The van der Waals surface area contributed by atoms with Gasteiger partial charge in [0, 0.05) is 49.9 Å². The first-order valence-corrected chi connectivity index (χ1v) is 15.5. The number of hydrogen-bond acceptors (Lipinski definition) is 7. The minimum absolute atomic E-state index is 0.0443. The first-order chi connectivity index (χ1) is 20.7. The Morgan fingerprint density at radius 3 is 2.56 bits per heavy atom. The largest absolute Gasteiger partial charge is 0.488 e. The number of hydrogen-bond donors (Lipinski definition) is 1. The predicted molar refractivity (Wildman–Crippen MR) is 166 cm³/mol. The van der Waals surface area contributed by atoms with Gasteiger partial charge in [-0.1, -0.05) is 17.7 Å². The molecule has 2 aliphatic rings. The zero-order valence-electron chi connectivity index (χ0n) is 25.0. The van der Waals surface area contributed by atoms with Gasteiger partial charge in [0.05, 0.1) is 30.2 Å². The molecule has 43 heavy (non-hydrogen) atoms. The lowest BCUT2D eigenvalue weighted by Gasteiger charge is -2.35. The summed E-state index contributed by atoms with van der Waals surface area (Å²) in [5.41, 5.74) is 6.52. The van der Waals surface area contributed by atoms with Crippen LogP contribution >= 0.6 is 11.3 Å². The Balaban J connectivity index is 1.14. The molecule has 1 N–H and O–H groups in total. The molecule has 2 fully saturated rings. The Morgan fingerprint density at radius 1 is 1.12 bits per heavy atom. The van der Waals surface area contributed by atoms with Crippen LogP contribution in [0.15, 0.2) is 54.3 Å². The molecule has 1 saturated carbocycles. The molecule has 1 unspecified atom stereocenters. The highest BCUT2D eigenvalue weighted by molar-refractivity contribution is 7.14. The van der Waals surface area contributed by atoms with E-state index < -0.39 is 5.97 Å². The fourth-order valence-corrected chi connectivity index (χ4v) is 7.35. The number of ether oxygens (including phenoxy) is 1. The summed E-state index contributed by atoms with van der Waals surface area (Å²) in [5, 5.41) is 12.7. The van der Waals surface area contributed by atoms with Crippen LogP contribution in [0.25, 0.3) is 11.3 Å². The predicted octanol–water partition coefficient (Wildman–Crippen LogP) is 5.56. The number of carbonyl (C=O) groups is 2. The number of thiazole rings is 1. The van der Waals surface area contributed by atoms with Gasteiger partial charge in [-0.3, -0.25) is 9.59 Å². The van der Waals surface area contributed by atoms with Crippen LogP contribution in [-0.2, 0) is 25.0 Å². The van der Waals surface area contributed by atoms with Crippen molar-refractivity contribution in [3.8, 4) is 17.0 Å². The molecule has 1 aliphatic carbocycles. The highest BCUT2D eigenvalue weighted by Gasteiger charge is 2.46. The molecule has 4 aromatic rings. The number of rotatable bonds is 9. The zero-order valence-corrected chi connectivity index (χ0v) is 25.8. The van der Waals surface area contributed by atoms with Gasteiger partial charge < -0.3 is 24.2 Å². The fraction of sp³-hybridized carbons (Fsp3) is 0.394. The lowest BCUT2D eigenvalue weighted by atomic mass is 9.85. The second-order valence-corrected chi connectivity index (χ2v) is 12.8. The number of nitrogens with zero attached hydrogens (tertiary/aromatic N) is 5. The van der Waals surface area contributed by atoms with E-state index in [0.29, 0.717) is 18.7 Å². The maximum absolute atomic E-state index is 13.1. The highest BCUT2D eigenvalue weighted by atomic mass is 32.1. The first-order valence-electron chi connectivity index (χ1n) is 14.6. The molecule has 3 heterocycles. The van der Waals surface area contributed by atoms with Crippen molar-refractivity contribution >= 4 is 28.3 Å². The maximum Gasteiger partial charge on any atom is 0.307 e. The van der Waals surface area contributed by atoms with Gasteiger partial charge in [-0.15, -0.1) is 11.3 Å². The van der Waals surface area contributed by atoms with Crippen molar-refractivity contribution in [3.05, 3.63) is 82.3 Å². The zero-order chi connectivity index (χ0) is 30.2. The van der Waals surface area contributed by atoms with Gasteiger partial charge in [0.2, 0.25) is 0 Å². The van der Waals surface area contributed by atoms with Crippen molar-refractivity contribution in [1.29, 1.82) is 0 Å². The summed E-state index contributed by atoms with van der Waals surface area (Å²) in [5.74, 6) is 0.203. The molecule has 1 saturated heterocycles. The molecular weight excluding hydrogens is 562 g/mol. The molecule has 1 amide bonds. The van der Waals surface area contributed by atoms with Crippen LogP contribution in [0.2, 0.25) is 0 Å². The third-order valence-electron chi connectivity index (χ3n) is 8.93. The lowest BCUT2D eigenvalue weighted by molar-refractivity contribution is -0.144. The Bertz CT molecular complexity index is 1650. The normalized spacial score (nSPS) is 19.4. The third-order valence-corrected chi connectivity index (χ3v) is 9.83. The number of amides is 1. The Labute approximate surface area is 255 Å². The van der Waals surface area contributed by atoms with Gasteiger partial charge in [0.1, 0.15) is 12.4 Å². The Kier molecular flexibility index (Phi) is 7.96. The second-order valence-electron chi connectivity index (χ2n) is 12.0. The molecule has 0 spiro atoms. The topological polar surface area (TPSA) is 101 Å². The molecular formula is C33H37N5O4S. The monoisotopic (exact) mass is 599 g/mol. The fourth-order valence-electron chi connectivity index (χ4n) is 6.50. The van der Waals surface area contributed by atoms with Gasteiger partial charge in [-0.25, -0.2) is 9.97 Å². The minimum Gasteiger partial charge on any atom is -0.488 e. The first kappa shape index (κ1) is 28.9. The van der Waals surface area contributed by atoms with Crippen molar-refractivity contribution in [3.63, 3.8) is 0 Å². The van der Waals surface area contributed by atoms with E-state index in [-0.39, 0.29) is 23.7 Å². The van der Waals surface area contributed by atoms with Crippen molar-refractivity contribution in [2.45, 2.75) is 39.8 Å². The summed E-state index contributed by atoms with van der Waals surface area (Å²) in [4.78, 5) is 38.0. The van der Waals surface area contributed by atoms with Crippen LogP contribution in [0.4, 0.5) is 5.13 Å². The second kappa shape index (κ2) is 11.8. The molecule has 224 valence electrons. The average molecular weight is 600 g/mol. The van der Waals surface area contributed by atoms with Crippen molar-refractivity contribution in [2.24, 2.45) is 24.8 Å². The molecule has 2 aromatic heterocycles. The van der Waals surface area contributed by atoms with E-state index >= 15 is 0 Å². The van der Waals surface area contributed by atoms with Gasteiger partial charge in [0.25, 0.3) is 5.91 Å². The summed E-state index contributed by atoms with van der Waals surface area (Å²) >= 11 is 1.60. The third kappa shape index (κ3) is 5.88. The van der Waals surface area contributed by atoms with E-state index in [0.717, 1.165) is 70.5 Å². The van der Waals surface area contributed by atoms with Crippen LogP contribution in [0.5, 0.6) is 5.75 Å². The molecule has 2 aromatic carbocycles. The molecule has 2 bridgehead atoms. The molecule has 3 atom stereocenters. The maximum atomic E-state index is 13.1. The van der Waals surface area contributed by atoms with E-state index in [1.54, 1.807) is 35.8 Å². The lowest BCUT2D eigenvalue weighted by Crippen LogP contribution is -2.44. The van der Waals surface area contributed by atoms with Gasteiger partial charge in [-0.2, -0.15) is 0 Å². The number of benzene rings is 2. The number of carboxylic acid groups (broad SMARTS) is 1. The summed E-state index contributed by atoms with van der Waals surface area (Å²) in [7, 11) is 3.72. The van der Waals surface area contributed by atoms with E-state index in [4.69, 9.17) is 9.72 Å². The van der Waals surface area contributed by atoms with Crippen LogP contribution in [0, 0.1) is 31.6 Å². The van der Waals surface area contributed by atoms with Crippen LogP contribution in [0.1, 0.15) is 45.6 Å². The van der Waals surface area contributed by atoms with E-state index in [1.807, 2.05) is 48.9 Å². The summed E-state index contributed by atoms with van der Waals surface area (Å²) < 4.78 is 8.28. The number of carboxylic acids is 1. The quantitative estimate of drug-likeness (QED) is 0.269. The molecule has 9 nitrogen and oxygen atoms in total. The number of aryl methyl sites for hydroxylation is 3. The van der Waals surface area contributed by atoms with Gasteiger partial charge in [-0.05, 0) is 73.9 Å². The summed E-state index contributed by atoms with van der Waals surface area (Å²) in [6.45, 7) is 6.39. The summed E-state index contributed by atoms with van der Waals surface area (Å²) in [6, 6.07) is 11.9. The van der Waals surface area contributed by atoms with Crippen LogP contribution in [-0.4, -0.2) is 56.6 Å². The number of fused-ring (bicyclic) bond motifs is 2. The number of carbonyl (C=O) groups excluding carboxylic acids is 1. The SMILES string of the molecule is Cc1ccc(OCc2ccc(C(=O)N(C)Cc3cncn3C)cc2C)c(-c2csc(N3C[C@H]4CC[C@@H](C3)C4C(=O)O)n2)c1. The molecule has 10 heteroatoms. The van der Waals surface area contributed by atoms with E-state index in [2.05, 4.69) is 28.3 Å². The summed E-state index contributed by atoms with van der Waals surface area (Å²) in [6.07, 6.45) is 5.45. The van der Waals surface area contributed by atoms with Crippen LogP contribution in [0.3, 0.4) is 0 Å². The van der Waals surface area contributed by atoms with Crippen molar-refractivity contribution in [2.75, 3.05) is 25.0 Å². The number of aromatic nitrogens is 3. The van der Waals surface area contributed by atoms with Crippen molar-refractivity contribution < 1.29 is 19.4 Å². The molecule has 6 rings (SSSR count). The Morgan fingerprint density at radius 2 is 1.88 bits per heavy atom. The highest BCUT2D eigenvalue weighted by Crippen LogP contribution is 2.44. The van der Waals surface area contributed by atoms with Gasteiger partial charge in [0.15, 0.2) is 5.13 Å². The Hall–Kier alpha value is -4.18. The number of piperidine rings is 1. The van der Waals surface area contributed by atoms with Crippen molar-refractivity contribution in [1.82, 2.24) is 19.4 Å². The smallest absolute Gasteiger partial charge is 0.307 e. The number of aliphatic carboxylic acids is 1.